The van der Waals surface area contributed by atoms with Crippen LogP contribution in [0.15, 0.2) is 36.7 Å². The highest BCUT2D eigenvalue weighted by atomic mass is 32.1. The number of anilines is 1. The molecule has 0 saturated carbocycles. The summed E-state index contributed by atoms with van der Waals surface area (Å²) in [5.41, 5.74) is 2.30. The van der Waals surface area contributed by atoms with Crippen LogP contribution in [0.3, 0.4) is 0 Å². The van der Waals surface area contributed by atoms with Gasteiger partial charge in [-0.05, 0) is 19.4 Å². The number of piperazine rings is 1. The molecule has 3 aromatic rings. The number of quaternary nitrogens is 1. The molecule has 7 heteroatoms. The first-order valence-electron chi connectivity index (χ1n) is 9.71. The maximum atomic E-state index is 12.3. The molecule has 0 spiro atoms. The number of fused-ring (bicyclic) bond motifs is 1. The molecule has 28 heavy (non-hydrogen) atoms. The molecule has 1 aliphatic heterocycles. The van der Waals surface area contributed by atoms with Crippen LogP contribution in [0.1, 0.15) is 27.7 Å². The summed E-state index contributed by atoms with van der Waals surface area (Å²) >= 11 is 1.39. The minimum absolute atomic E-state index is 0.272. The van der Waals surface area contributed by atoms with Crippen molar-refractivity contribution in [2.24, 2.45) is 0 Å². The van der Waals surface area contributed by atoms with Gasteiger partial charge >= 0.3 is 5.97 Å². The first kappa shape index (κ1) is 18.8. The van der Waals surface area contributed by atoms with E-state index in [1.165, 1.54) is 16.9 Å². The van der Waals surface area contributed by atoms with Crippen molar-refractivity contribution in [2.45, 2.75) is 20.4 Å². The molecule has 1 fully saturated rings. The van der Waals surface area contributed by atoms with Gasteiger partial charge in [-0.25, -0.2) is 14.8 Å². The number of nitrogens with zero attached hydrogens (tertiary/aromatic N) is 3. The van der Waals surface area contributed by atoms with Crippen LogP contribution in [0.2, 0.25) is 0 Å². The number of aryl methyl sites for hydroxylation is 1. The zero-order valence-electron chi connectivity index (χ0n) is 16.3. The summed E-state index contributed by atoms with van der Waals surface area (Å²) < 4.78 is 5.20. The van der Waals surface area contributed by atoms with Gasteiger partial charge in [0.05, 0.1) is 38.2 Å². The Balaban J connectivity index is 1.53. The van der Waals surface area contributed by atoms with Crippen LogP contribution in [-0.2, 0) is 11.3 Å². The number of carbonyl (C=O) groups excluding carboxylic acids is 1. The second-order valence-corrected chi connectivity index (χ2v) is 8.05. The van der Waals surface area contributed by atoms with Gasteiger partial charge < -0.3 is 14.5 Å². The molecule has 0 aliphatic carbocycles. The number of benzene rings is 1. The molecule has 4 rings (SSSR count). The number of aromatic nitrogens is 2. The summed E-state index contributed by atoms with van der Waals surface area (Å²) in [6.45, 7) is 9.23. The fraction of sp³-hybridized carbons (Fsp3) is 0.381. The molecule has 1 N–H and O–H groups in total. The largest absolute Gasteiger partial charge is 0.462 e. The smallest absolute Gasteiger partial charge is 0.348 e. The molecule has 146 valence electrons. The number of ether oxygens (including phenoxy) is 1. The zero-order valence-corrected chi connectivity index (χ0v) is 17.1. The monoisotopic (exact) mass is 397 g/mol. The molecule has 1 aliphatic rings. The van der Waals surface area contributed by atoms with Crippen LogP contribution >= 0.6 is 11.3 Å². The van der Waals surface area contributed by atoms with Crippen LogP contribution in [-0.4, -0.2) is 48.7 Å². The Bertz CT molecular complexity index is 965. The van der Waals surface area contributed by atoms with Crippen molar-refractivity contribution >= 4 is 33.3 Å². The predicted molar refractivity (Wildman–Crippen MR) is 111 cm³/mol. The van der Waals surface area contributed by atoms with Crippen molar-refractivity contribution in [1.29, 1.82) is 0 Å². The summed E-state index contributed by atoms with van der Waals surface area (Å²) in [4.78, 5) is 26.6. The molecule has 6 nitrogen and oxygen atoms in total. The lowest BCUT2D eigenvalue weighted by molar-refractivity contribution is -0.914. The normalized spacial score (nSPS) is 15.1. The molecule has 1 aromatic carbocycles. The maximum Gasteiger partial charge on any atom is 0.348 e. The molecule has 0 radical (unpaired) electrons. The van der Waals surface area contributed by atoms with Gasteiger partial charge in [0.25, 0.3) is 0 Å². The van der Waals surface area contributed by atoms with Gasteiger partial charge in [0, 0.05) is 5.56 Å². The first-order chi connectivity index (χ1) is 13.7. The van der Waals surface area contributed by atoms with E-state index in [9.17, 15) is 4.79 Å². The average Bonchev–Trinajstić information content (AvgIpc) is 3.07. The topological polar surface area (TPSA) is 59.8 Å². The van der Waals surface area contributed by atoms with Crippen molar-refractivity contribution in [3.05, 3.63) is 52.7 Å². The van der Waals surface area contributed by atoms with E-state index in [0.717, 1.165) is 54.3 Å². The highest BCUT2D eigenvalue weighted by molar-refractivity contribution is 7.20. The number of carbonyl (C=O) groups is 1. The standard InChI is InChI=1S/C21H24N4O2S/c1-3-27-21(26)18-15(2)17-19(22-14-23-20(17)28-18)25-11-9-24(10-12-25)13-16-7-5-4-6-8-16/h4-8,14H,3,9-13H2,1-2H3/p+1. The van der Waals surface area contributed by atoms with Gasteiger partial charge in [0.1, 0.15) is 28.4 Å². The number of thiophene rings is 1. The van der Waals surface area contributed by atoms with Crippen molar-refractivity contribution in [2.75, 3.05) is 37.7 Å². The molecule has 0 amide bonds. The summed E-state index contributed by atoms with van der Waals surface area (Å²) in [5.74, 6) is 0.666. The van der Waals surface area contributed by atoms with Gasteiger partial charge in [0.15, 0.2) is 0 Å². The van der Waals surface area contributed by atoms with E-state index in [1.807, 2.05) is 13.8 Å². The van der Waals surface area contributed by atoms with Gasteiger partial charge in [-0.1, -0.05) is 30.3 Å². The number of esters is 1. The van der Waals surface area contributed by atoms with Gasteiger partial charge in [-0.2, -0.15) is 0 Å². The molecule has 3 heterocycles. The lowest BCUT2D eigenvalue weighted by Crippen LogP contribution is -3.13. The second kappa shape index (κ2) is 8.24. The average molecular weight is 398 g/mol. The number of hydrogen-bond acceptors (Lipinski definition) is 6. The van der Waals surface area contributed by atoms with E-state index in [-0.39, 0.29) is 5.97 Å². The van der Waals surface area contributed by atoms with Gasteiger partial charge in [-0.3, -0.25) is 0 Å². The van der Waals surface area contributed by atoms with E-state index in [0.29, 0.717) is 11.5 Å². The SMILES string of the molecule is CCOC(=O)c1sc2ncnc(N3CC[NH+](Cc4ccccc4)CC3)c2c1C. The highest BCUT2D eigenvalue weighted by Crippen LogP contribution is 2.35. The minimum Gasteiger partial charge on any atom is -0.462 e. The van der Waals surface area contributed by atoms with Crippen molar-refractivity contribution in [1.82, 2.24) is 9.97 Å². The van der Waals surface area contributed by atoms with E-state index in [2.05, 4.69) is 45.2 Å². The van der Waals surface area contributed by atoms with Crippen LogP contribution in [0.5, 0.6) is 0 Å². The second-order valence-electron chi connectivity index (χ2n) is 7.05. The lowest BCUT2D eigenvalue weighted by Gasteiger charge is -2.33. The Morgan fingerprint density at radius 2 is 1.96 bits per heavy atom. The Morgan fingerprint density at radius 1 is 1.21 bits per heavy atom. The number of nitrogens with one attached hydrogen (secondary N) is 1. The molecule has 0 unspecified atom stereocenters. The first-order valence-corrected chi connectivity index (χ1v) is 10.5. The van der Waals surface area contributed by atoms with Crippen LogP contribution in [0, 0.1) is 6.92 Å². The summed E-state index contributed by atoms with van der Waals surface area (Å²) in [7, 11) is 0. The molecule has 0 atom stereocenters. The minimum atomic E-state index is -0.272. The third-order valence-electron chi connectivity index (χ3n) is 5.23. The third-order valence-corrected chi connectivity index (χ3v) is 6.41. The Hall–Kier alpha value is -2.51. The third kappa shape index (κ3) is 3.72. The summed E-state index contributed by atoms with van der Waals surface area (Å²) in [6, 6.07) is 10.6. The fourth-order valence-electron chi connectivity index (χ4n) is 3.78. The number of hydrogen-bond donors (Lipinski definition) is 1. The van der Waals surface area contributed by atoms with E-state index in [1.54, 1.807) is 11.2 Å². The molecular formula is C21H25N4O2S+. The summed E-state index contributed by atoms with van der Waals surface area (Å²) in [6.07, 6.45) is 1.60. The van der Waals surface area contributed by atoms with Gasteiger partial charge in [-0.15, -0.1) is 11.3 Å². The van der Waals surface area contributed by atoms with Crippen molar-refractivity contribution in [3.63, 3.8) is 0 Å². The maximum absolute atomic E-state index is 12.3. The van der Waals surface area contributed by atoms with E-state index < -0.39 is 0 Å². The van der Waals surface area contributed by atoms with E-state index in [4.69, 9.17) is 4.74 Å². The zero-order chi connectivity index (χ0) is 19.5. The van der Waals surface area contributed by atoms with Crippen LogP contribution < -0.4 is 9.80 Å². The summed E-state index contributed by atoms with van der Waals surface area (Å²) in [5, 5.41) is 0.988. The Kier molecular flexibility index (Phi) is 5.54. The lowest BCUT2D eigenvalue weighted by atomic mass is 10.1. The fourth-order valence-corrected chi connectivity index (χ4v) is 4.82. The highest BCUT2D eigenvalue weighted by Gasteiger charge is 2.26. The number of rotatable bonds is 5. The molecule has 1 saturated heterocycles. The quantitative estimate of drug-likeness (QED) is 0.668. The van der Waals surface area contributed by atoms with Crippen molar-refractivity contribution < 1.29 is 14.4 Å². The van der Waals surface area contributed by atoms with Crippen LogP contribution in [0.4, 0.5) is 5.82 Å². The predicted octanol–water partition coefficient (Wildman–Crippen LogP) is 2.08. The molecule has 0 bridgehead atoms. The molecule has 2 aromatic heterocycles. The van der Waals surface area contributed by atoms with E-state index >= 15 is 0 Å². The molecular weight excluding hydrogens is 372 g/mol. The van der Waals surface area contributed by atoms with Crippen LogP contribution in [0.25, 0.3) is 10.2 Å². The Labute approximate surface area is 168 Å². The Morgan fingerprint density at radius 3 is 2.68 bits per heavy atom. The van der Waals surface area contributed by atoms with Crippen molar-refractivity contribution in [3.8, 4) is 0 Å². The van der Waals surface area contributed by atoms with Gasteiger partial charge in [0.2, 0.25) is 0 Å².